The fourth-order valence-corrected chi connectivity index (χ4v) is 1.19. The van der Waals surface area contributed by atoms with Gasteiger partial charge in [-0.05, 0) is 6.42 Å². The van der Waals surface area contributed by atoms with Crippen LogP contribution < -0.4 is 5.14 Å². The molecule has 0 atom stereocenters. The molecule has 6 heteroatoms. The van der Waals surface area contributed by atoms with Gasteiger partial charge in [0.15, 0.2) is 0 Å². The van der Waals surface area contributed by atoms with Gasteiger partial charge in [-0.25, -0.2) is 13.6 Å². The van der Waals surface area contributed by atoms with Crippen LogP contribution in [0.5, 0.6) is 0 Å². The molecule has 0 spiro atoms. The fourth-order valence-electron chi connectivity index (χ4n) is 0.648. The molecule has 0 aromatic rings. The van der Waals surface area contributed by atoms with Crippen molar-refractivity contribution in [2.24, 2.45) is 5.14 Å². The van der Waals surface area contributed by atoms with E-state index in [4.69, 9.17) is 5.14 Å². The zero-order chi connectivity index (χ0) is 9.78. The lowest BCUT2D eigenvalue weighted by atomic mass is 10.3. The zero-order valence-corrected chi connectivity index (χ0v) is 8.10. The van der Waals surface area contributed by atoms with Gasteiger partial charge >= 0.3 is 0 Å². The highest BCUT2D eigenvalue weighted by molar-refractivity contribution is 7.89. The van der Waals surface area contributed by atoms with Gasteiger partial charge in [0, 0.05) is 20.5 Å². The lowest BCUT2D eigenvalue weighted by Gasteiger charge is -2.08. The van der Waals surface area contributed by atoms with Crippen molar-refractivity contribution in [1.29, 1.82) is 0 Å². The third kappa shape index (κ3) is 6.11. The van der Waals surface area contributed by atoms with Gasteiger partial charge in [0.1, 0.15) is 0 Å². The molecule has 0 aliphatic heterocycles. The maximum absolute atomic E-state index is 10.9. The number of hydrogen-bond donors (Lipinski definition) is 1. The van der Waals surface area contributed by atoms with E-state index in [1.165, 1.54) is 4.90 Å². The molecule has 5 nitrogen and oxygen atoms in total. The predicted molar refractivity (Wildman–Crippen MR) is 45.9 cm³/mol. The van der Waals surface area contributed by atoms with Crippen LogP contribution in [0.1, 0.15) is 12.8 Å². The number of nitrogens with zero attached hydrogens (tertiary/aromatic N) is 1. The molecule has 0 aromatic carbocycles. The molecule has 0 heterocycles. The Labute approximate surface area is 72.6 Å². The Kier molecular flexibility index (Phi) is 4.19. The van der Waals surface area contributed by atoms with Crippen LogP contribution in [-0.4, -0.2) is 39.1 Å². The first-order valence-corrected chi connectivity index (χ1v) is 5.25. The Morgan fingerprint density at radius 1 is 1.42 bits per heavy atom. The molecule has 12 heavy (non-hydrogen) atoms. The van der Waals surface area contributed by atoms with Gasteiger partial charge in [0.2, 0.25) is 15.9 Å². The Bertz CT molecular complexity index is 246. The summed E-state index contributed by atoms with van der Waals surface area (Å²) in [4.78, 5) is 12.3. The van der Waals surface area contributed by atoms with Gasteiger partial charge < -0.3 is 4.90 Å². The second-order valence-electron chi connectivity index (χ2n) is 2.76. The maximum Gasteiger partial charge on any atom is 0.222 e. The highest BCUT2D eigenvalue weighted by atomic mass is 32.2. The van der Waals surface area contributed by atoms with E-state index in [1.54, 1.807) is 14.1 Å². The summed E-state index contributed by atoms with van der Waals surface area (Å²) < 4.78 is 20.9. The molecular weight excluding hydrogens is 180 g/mol. The molecule has 0 saturated carbocycles. The number of carbonyl (C=O) groups is 1. The van der Waals surface area contributed by atoms with Crippen LogP contribution >= 0.6 is 0 Å². The molecule has 1 amide bonds. The van der Waals surface area contributed by atoms with E-state index >= 15 is 0 Å². The Balaban J connectivity index is 3.66. The van der Waals surface area contributed by atoms with E-state index in [1.807, 2.05) is 0 Å². The number of nitrogens with two attached hydrogens (primary N) is 1. The number of primary sulfonamides is 1. The molecule has 0 saturated heterocycles. The van der Waals surface area contributed by atoms with Crippen molar-refractivity contribution in [2.75, 3.05) is 19.8 Å². The van der Waals surface area contributed by atoms with E-state index < -0.39 is 10.0 Å². The predicted octanol–water partition coefficient (Wildman–Crippen LogP) is -0.857. The van der Waals surface area contributed by atoms with Gasteiger partial charge in [-0.3, -0.25) is 4.79 Å². The highest BCUT2D eigenvalue weighted by Gasteiger charge is 2.07. The summed E-state index contributed by atoms with van der Waals surface area (Å²) in [5.41, 5.74) is 0. The van der Waals surface area contributed by atoms with Crippen molar-refractivity contribution < 1.29 is 13.2 Å². The minimum Gasteiger partial charge on any atom is -0.349 e. The fraction of sp³-hybridized carbons (Fsp3) is 0.833. The summed E-state index contributed by atoms with van der Waals surface area (Å²) in [5.74, 6) is -0.217. The standard InChI is InChI=1S/C6H14N2O3S/c1-8(2)6(9)4-3-5-12(7,10)11/h3-5H2,1-2H3,(H2,7,10,11). The summed E-state index contributed by atoms with van der Waals surface area (Å²) >= 11 is 0. The topological polar surface area (TPSA) is 80.5 Å². The molecule has 0 radical (unpaired) electrons. The average Bonchev–Trinajstić information content (AvgIpc) is 1.84. The maximum atomic E-state index is 10.9. The first-order valence-electron chi connectivity index (χ1n) is 3.53. The first-order chi connectivity index (χ1) is 5.33. The molecule has 0 aliphatic carbocycles. The van der Waals surface area contributed by atoms with Crippen LogP contribution in [0.2, 0.25) is 0 Å². The highest BCUT2D eigenvalue weighted by Crippen LogP contribution is 1.95. The molecule has 2 N–H and O–H groups in total. The molecular formula is C6H14N2O3S. The van der Waals surface area contributed by atoms with Gasteiger partial charge in [-0.2, -0.15) is 0 Å². The molecule has 0 bridgehead atoms. The molecule has 0 aromatic heterocycles. The van der Waals surface area contributed by atoms with Crippen molar-refractivity contribution in [3.8, 4) is 0 Å². The van der Waals surface area contributed by atoms with Gasteiger partial charge in [0.25, 0.3) is 0 Å². The number of hydrogen-bond acceptors (Lipinski definition) is 3. The summed E-state index contributed by atoms with van der Waals surface area (Å²) in [6.45, 7) is 0. The van der Waals surface area contributed by atoms with Gasteiger partial charge in [0.05, 0.1) is 5.75 Å². The second-order valence-corrected chi connectivity index (χ2v) is 4.49. The van der Waals surface area contributed by atoms with E-state index in [9.17, 15) is 13.2 Å². The Morgan fingerprint density at radius 2 is 1.92 bits per heavy atom. The quantitative estimate of drug-likeness (QED) is 0.632. The van der Waals surface area contributed by atoms with E-state index in [0.717, 1.165) is 0 Å². The first kappa shape index (κ1) is 11.4. The third-order valence-electron chi connectivity index (χ3n) is 1.32. The normalized spacial score (nSPS) is 11.2. The van der Waals surface area contributed by atoms with Crippen LogP contribution in [0.15, 0.2) is 0 Å². The van der Waals surface area contributed by atoms with Gasteiger partial charge in [-0.15, -0.1) is 0 Å². The SMILES string of the molecule is CN(C)C(=O)CCCS(N)(=O)=O. The molecule has 0 aliphatic rings. The number of rotatable bonds is 4. The van der Waals surface area contributed by atoms with Crippen LogP contribution in [0.25, 0.3) is 0 Å². The Morgan fingerprint density at radius 3 is 2.25 bits per heavy atom. The largest absolute Gasteiger partial charge is 0.349 e. The van der Waals surface area contributed by atoms with Crippen LogP contribution in [0.3, 0.4) is 0 Å². The van der Waals surface area contributed by atoms with Crippen molar-refractivity contribution in [3.05, 3.63) is 0 Å². The molecule has 0 unspecified atom stereocenters. The van der Waals surface area contributed by atoms with Gasteiger partial charge in [-0.1, -0.05) is 0 Å². The van der Waals surface area contributed by atoms with Crippen molar-refractivity contribution >= 4 is 15.9 Å². The zero-order valence-electron chi connectivity index (χ0n) is 7.28. The minimum atomic E-state index is -3.42. The van der Waals surface area contributed by atoms with Crippen LogP contribution in [0, 0.1) is 0 Å². The molecule has 0 fully saturated rings. The third-order valence-corrected chi connectivity index (χ3v) is 2.18. The lowest BCUT2D eigenvalue weighted by Crippen LogP contribution is -2.23. The summed E-state index contributed by atoms with van der Waals surface area (Å²) in [7, 11) is -0.168. The summed E-state index contributed by atoms with van der Waals surface area (Å²) in [6, 6.07) is 0. The number of carbonyl (C=O) groups excluding carboxylic acids is 1. The van der Waals surface area contributed by atoms with Crippen LogP contribution in [0.4, 0.5) is 0 Å². The van der Waals surface area contributed by atoms with E-state index in [0.29, 0.717) is 0 Å². The van der Waals surface area contributed by atoms with Crippen molar-refractivity contribution in [1.82, 2.24) is 4.90 Å². The lowest BCUT2D eigenvalue weighted by molar-refractivity contribution is -0.128. The Hall–Kier alpha value is -0.620. The number of sulfonamides is 1. The van der Waals surface area contributed by atoms with Crippen molar-refractivity contribution in [2.45, 2.75) is 12.8 Å². The van der Waals surface area contributed by atoms with Crippen molar-refractivity contribution in [3.63, 3.8) is 0 Å². The monoisotopic (exact) mass is 194 g/mol. The average molecular weight is 194 g/mol. The molecule has 0 rings (SSSR count). The minimum absolute atomic E-state index is 0.0846. The molecule has 72 valence electrons. The second kappa shape index (κ2) is 4.42. The smallest absolute Gasteiger partial charge is 0.222 e. The van der Waals surface area contributed by atoms with E-state index in [-0.39, 0.29) is 24.5 Å². The van der Waals surface area contributed by atoms with Crippen LogP contribution in [-0.2, 0) is 14.8 Å². The summed E-state index contributed by atoms with van der Waals surface area (Å²) in [6.07, 6.45) is 0.513. The van der Waals surface area contributed by atoms with E-state index in [2.05, 4.69) is 0 Å². The summed E-state index contributed by atoms with van der Waals surface area (Å²) in [5, 5.41) is 4.75. The number of amides is 1.